The molecule has 1 amide bonds. The van der Waals surface area contributed by atoms with Crippen LogP contribution in [-0.4, -0.2) is 29.9 Å². The lowest BCUT2D eigenvalue weighted by molar-refractivity contribution is -0.117. The van der Waals surface area contributed by atoms with Crippen LogP contribution in [0.1, 0.15) is 19.3 Å². The number of benzene rings is 1. The van der Waals surface area contributed by atoms with E-state index in [0.717, 1.165) is 12.8 Å². The maximum Gasteiger partial charge on any atom is 0.238 e. The standard InChI is InChI=1S/C14H16FN3O/c15-11-2-4-12(5-3-11)17-14(19)10-18(9-1-8-16)13-6-7-13/h2-5,13H,1,6-7,9-10H2,(H,17,19). The van der Waals surface area contributed by atoms with E-state index >= 15 is 0 Å². The van der Waals surface area contributed by atoms with Gasteiger partial charge in [-0.15, -0.1) is 0 Å². The van der Waals surface area contributed by atoms with E-state index in [1.54, 1.807) is 0 Å². The van der Waals surface area contributed by atoms with E-state index in [4.69, 9.17) is 5.26 Å². The van der Waals surface area contributed by atoms with E-state index < -0.39 is 0 Å². The van der Waals surface area contributed by atoms with Gasteiger partial charge < -0.3 is 5.32 Å². The van der Waals surface area contributed by atoms with Gasteiger partial charge in [0.15, 0.2) is 0 Å². The largest absolute Gasteiger partial charge is 0.325 e. The fourth-order valence-corrected chi connectivity index (χ4v) is 1.94. The number of hydrogen-bond acceptors (Lipinski definition) is 3. The minimum absolute atomic E-state index is 0.128. The zero-order chi connectivity index (χ0) is 13.7. The molecule has 0 saturated heterocycles. The first kappa shape index (κ1) is 13.5. The molecule has 1 aliphatic carbocycles. The zero-order valence-electron chi connectivity index (χ0n) is 10.6. The van der Waals surface area contributed by atoms with Gasteiger partial charge in [0, 0.05) is 24.7 Å². The molecule has 5 heteroatoms. The van der Waals surface area contributed by atoms with E-state index in [-0.39, 0.29) is 18.3 Å². The Morgan fingerprint density at radius 2 is 2.11 bits per heavy atom. The van der Waals surface area contributed by atoms with Crippen molar-refractivity contribution in [1.82, 2.24) is 4.90 Å². The predicted molar refractivity (Wildman–Crippen MR) is 69.9 cm³/mol. The second-order valence-corrected chi connectivity index (χ2v) is 4.66. The topological polar surface area (TPSA) is 56.1 Å². The second-order valence-electron chi connectivity index (χ2n) is 4.66. The van der Waals surface area contributed by atoms with Gasteiger partial charge in [-0.25, -0.2) is 4.39 Å². The third-order valence-electron chi connectivity index (χ3n) is 3.05. The van der Waals surface area contributed by atoms with E-state index in [1.165, 1.54) is 24.3 Å². The molecule has 1 aromatic carbocycles. The lowest BCUT2D eigenvalue weighted by Crippen LogP contribution is -2.35. The molecule has 1 aliphatic rings. The van der Waals surface area contributed by atoms with Crippen molar-refractivity contribution < 1.29 is 9.18 Å². The molecule has 4 nitrogen and oxygen atoms in total. The summed E-state index contributed by atoms with van der Waals surface area (Å²) in [6.07, 6.45) is 2.62. The lowest BCUT2D eigenvalue weighted by atomic mass is 10.3. The number of carbonyl (C=O) groups excluding carboxylic acids is 1. The molecule has 1 N–H and O–H groups in total. The van der Waals surface area contributed by atoms with Crippen molar-refractivity contribution in [3.8, 4) is 6.07 Å². The minimum Gasteiger partial charge on any atom is -0.325 e. The molecule has 1 aromatic rings. The van der Waals surface area contributed by atoms with Crippen LogP contribution in [0, 0.1) is 17.1 Å². The highest BCUT2D eigenvalue weighted by molar-refractivity contribution is 5.92. The van der Waals surface area contributed by atoms with Gasteiger partial charge in [-0.2, -0.15) is 5.26 Å². The lowest BCUT2D eigenvalue weighted by Gasteiger charge is -2.19. The minimum atomic E-state index is -0.327. The molecule has 0 atom stereocenters. The van der Waals surface area contributed by atoms with Crippen LogP contribution >= 0.6 is 0 Å². The van der Waals surface area contributed by atoms with Crippen molar-refractivity contribution in [1.29, 1.82) is 5.26 Å². The Bertz CT molecular complexity index is 476. The average molecular weight is 261 g/mol. The van der Waals surface area contributed by atoms with Crippen LogP contribution in [0.2, 0.25) is 0 Å². The van der Waals surface area contributed by atoms with Crippen molar-refractivity contribution in [3.63, 3.8) is 0 Å². The van der Waals surface area contributed by atoms with E-state index in [2.05, 4.69) is 11.4 Å². The smallest absolute Gasteiger partial charge is 0.238 e. The van der Waals surface area contributed by atoms with Gasteiger partial charge in [0.05, 0.1) is 12.6 Å². The Morgan fingerprint density at radius 1 is 1.42 bits per heavy atom. The molecule has 0 aliphatic heterocycles. The van der Waals surface area contributed by atoms with Crippen molar-refractivity contribution in [2.45, 2.75) is 25.3 Å². The van der Waals surface area contributed by atoms with Gasteiger partial charge in [-0.1, -0.05) is 0 Å². The van der Waals surface area contributed by atoms with Gasteiger partial charge in [0.1, 0.15) is 5.82 Å². The van der Waals surface area contributed by atoms with Crippen molar-refractivity contribution >= 4 is 11.6 Å². The Morgan fingerprint density at radius 3 is 2.68 bits per heavy atom. The van der Waals surface area contributed by atoms with Gasteiger partial charge in [-0.3, -0.25) is 9.69 Å². The highest BCUT2D eigenvalue weighted by Crippen LogP contribution is 2.26. The van der Waals surface area contributed by atoms with Crippen LogP contribution in [0.15, 0.2) is 24.3 Å². The number of nitrogens with zero attached hydrogens (tertiary/aromatic N) is 2. The molecule has 100 valence electrons. The molecule has 0 spiro atoms. The highest BCUT2D eigenvalue weighted by Gasteiger charge is 2.29. The number of anilines is 1. The Balaban J connectivity index is 1.85. The number of hydrogen-bond donors (Lipinski definition) is 1. The van der Waals surface area contributed by atoms with Gasteiger partial charge in [0.2, 0.25) is 5.91 Å². The van der Waals surface area contributed by atoms with E-state index in [0.29, 0.717) is 24.7 Å². The van der Waals surface area contributed by atoms with Gasteiger partial charge in [0.25, 0.3) is 0 Å². The van der Waals surface area contributed by atoms with Crippen LogP contribution in [0.4, 0.5) is 10.1 Å². The van der Waals surface area contributed by atoms with Crippen LogP contribution in [0.25, 0.3) is 0 Å². The number of nitriles is 1. The molecule has 2 rings (SSSR count). The van der Waals surface area contributed by atoms with Crippen molar-refractivity contribution in [3.05, 3.63) is 30.1 Å². The maximum atomic E-state index is 12.7. The van der Waals surface area contributed by atoms with E-state index in [9.17, 15) is 9.18 Å². The normalized spacial score (nSPS) is 14.2. The first-order valence-electron chi connectivity index (χ1n) is 6.35. The summed E-state index contributed by atoms with van der Waals surface area (Å²) in [6.45, 7) is 0.904. The SMILES string of the molecule is N#CCCN(CC(=O)Nc1ccc(F)cc1)C1CC1. The summed E-state index contributed by atoms with van der Waals surface area (Å²) in [5, 5.41) is 11.3. The fraction of sp³-hybridized carbons (Fsp3) is 0.429. The molecule has 0 heterocycles. The van der Waals surface area contributed by atoms with Crippen molar-refractivity contribution in [2.24, 2.45) is 0 Å². The monoisotopic (exact) mass is 261 g/mol. The number of carbonyl (C=O) groups is 1. The average Bonchev–Trinajstić information content (AvgIpc) is 3.21. The molecule has 0 radical (unpaired) electrons. The zero-order valence-corrected chi connectivity index (χ0v) is 10.6. The molecule has 0 bridgehead atoms. The number of rotatable bonds is 6. The number of amides is 1. The molecule has 1 fully saturated rings. The summed E-state index contributed by atoms with van der Waals surface area (Å²) in [5.41, 5.74) is 0.586. The first-order chi connectivity index (χ1) is 9.19. The van der Waals surface area contributed by atoms with Crippen LogP contribution in [-0.2, 0) is 4.79 Å². The predicted octanol–water partition coefficient (Wildman–Crippen LogP) is 2.14. The van der Waals surface area contributed by atoms with Gasteiger partial charge in [-0.05, 0) is 37.1 Å². The fourth-order valence-electron chi connectivity index (χ4n) is 1.94. The highest BCUT2D eigenvalue weighted by atomic mass is 19.1. The summed E-state index contributed by atoms with van der Waals surface area (Å²) in [7, 11) is 0. The summed E-state index contributed by atoms with van der Waals surface area (Å²) in [6, 6.07) is 8.21. The summed E-state index contributed by atoms with van der Waals surface area (Å²) in [4.78, 5) is 13.9. The van der Waals surface area contributed by atoms with Crippen LogP contribution in [0.3, 0.4) is 0 Å². The second kappa shape index (κ2) is 6.30. The molecule has 0 aromatic heterocycles. The molecule has 0 unspecified atom stereocenters. The summed E-state index contributed by atoms with van der Waals surface area (Å²) < 4.78 is 12.7. The third kappa shape index (κ3) is 4.34. The Hall–Kier alpha value is -1.93. The quantitative estimate of drug-likeness (QED) is 0.853. The Labute approximate surface area is 111 Å². The van der Waals surface area contributed by atoms with Crippen LogP contribution < -0.4 is 5.32 Å². The third-order valence-corrected chi connectivity index (χ3v) is 3.05. The number of halogens is 1. The molecule has 19 heavy (non-hydrogen) atoms. The Kier molecular flexibility index (Phi) is 4.48. The summed E-state index contributed by atoms with van der Waals surface area (Å²) >= 11 is 0. The van der Waals surface area contributed by atoms with E-state index in [1.807, 2.05) is 4.90 Å². The molecular formula is C14H16FN3O. The molecule has 1 saturated carbocycles. The number of nitrogens with one attached hydrogen (secondary N) is 1. The van der Waals surface area contributed by atoms with Gasteiger partial charge >= 0.3 is 0 Å². The summed E-state index contributed by atoms with van der Waals surface area (Å²) in [5.74, 6) is -0.455. The van der Waals surface area contributed by atoms with Crippen LogP contribution in [0.5, 0.6) is 0 Å². The van der Waals surface area contributed by atoms with Crippen molar-refractivity contribution in [2.75, 3.05) is 18.4 Å². The first-order valence-corrected chi connectivity index (χ1v) is 6.35. The maximum absolute atomic E-state index is 12.7. The molecular weight excluding hydrogens is 245 g/mol.